The van der Waals surface area contributed by atoms with Crippen molar-refractivity contribution in [3.63, 3.8) is 0 Å². The largest absolute Gasteiger partial charge is 0.399 e. The predicted octanol–water partition coefficient (Wildman–Crippen LogP) is 2.88. The molecule has 2 aromatic carbocycles. The van der Waals surface area contributed by atoms with E-state index in [1.54, 1.807) is 0 Å². The van der Waals surface area contributed by atoms with Crippen LogP contribution in [0.3, 0.4) is 0 Å². The maximum Gasteiger partial charge on any atom is 0.161 e. The molecule has 5 N–H and O–H groups in total. The fraction of sp³-hybridized carbons (Fsp3) is 0.250. The summed E-state index contributed by atoms with van der Waals surface area (Å²) in [5, 5.41) is 10.4. The first-order valence-corrected chi connectivity index (χ1v) is 6.81. The Labute approximate surface area is 119 Å². The van der Waals surface area contributed by atoms with Gasteiger partial charge in [-0.15, -0.1) is 0 Å². The zero-order valence-corrected chi connectivity index (χ0v) is 11.8. The lowest BCUT2D eigenvalue weighted by Gasteiger charge is -2.27. The van der Waals surface area contributed by atoms with Crippen LogP contribution in [0.2, 0.25) is 0 Å². The molecule has 1 aliphatic rings. The standard InChI is InChI=1S/C16H20N4/c1-11-3-5-12(6-4-11)10-18-16(2)19-14-8-7-13(17)9-15(14)20-16/h3-9,18-20H,10,17H2,1-2H3. The Balaban J connectivity index is 1.68. The van der Waals surface area contributed by atoms with E-state index in [1.807, 2.05) is 18.2 Å². The molecule has 0 saturated heterocycles. The molecule has 0 amide bonds. The molecule has 20 heavy (non-hydrogen) atoms. The maximum absolute atomic E-state index is 5.81. The summed E-state index contributed by atoms with van der Waals surface area (Å²) in [6.45, 7) is 4.97. The lowest BCUT2D eigenvalue weighted by molar-refractivity contribution is 0.463. The number of rotatable bonds is 3. The monoisotopic (exact) mass is 268 g/mol. The zero-order chi connectivity index (χ0) is 14.2. The van der Waals surface area contributed by atoms with E-state index in [1.165, 1.54) is 11.1 Å². The van der Waals surface area contributed by atoms with E-state index in [4.69, 9.17) is 5.73 Å². The van der Waals surface area contributed by atoms with Crippen LogP contribution in [0.25, 0.3) is 0 Å². The molecule has 0 radical (unpaired) electrons. The minimum Gasteiger partial charge on any atom is -0.399 e. The molecule has 4 heteroatoms. The summed E-state index contributed by atoms with van der Waals surface area (Å²) in [5.41, 5.74) is 11.2. The Morgan fingerprint density at radius 2 is 1.75 bits per heavy atom. The second-order valence-electron chi connectivity index (χ2n) is 5.52. The number of benzene rings is 2. The van der Waals surface area contributed by atoms with Crippen molar-refractivity contribution in [1.82, 2.24) is 5.32 Å². The molecule has 0 fully saturated rings. The average Bonchev–Trinajstić information content (AvgIpc) is 2.74. The fourth-order valence-electron chi connectivity index (χ4n) is 2.42. The molecule has 0 aromatic heterocycles. The molecule has 0 bridgehead atoms. The van der Waals surface area contributed by atoms with Crippen molar-refractivity contribution in [3.8, 4) is 0 Å². The van der Waals surface area contributed by atoms with Gasteiger partial charge in [-0.3, -0.25) is 5.32 Å². The number of hydrogen-bond acceptors (Lipinski definition) is 4. The Bertz CT molecular complexity index is 621. The summed E-state index contributed by atoms with van der Waals surface area (Å²) in [5.74, 6) is -0.360. The second-order valence-corrected chi connectivity index (χ2v) is 5.52. The lowest BCUT2D eigenvalue weighted by atomic mass is 10.1. The second kappa shape index (κ2) is 4.72. The van der Waals surface area contributed by atoms with Crippen LogP contribution in [0.1, 0.15) is 18.1 Å². The van der Waals surface area contributed by atoms with Crippen molar-refractivity contribution in [2.45, 2.75) is 26.2 Å². The molecule has 104 valence electrons. The summed E-state index contributed by atoms with van der Waals surface area (Å²) in [6, 6.07) is 14.4. The molecule has 1 atom stereocenters. The molecular weight excluding hydrogens is 248 g/mol. The number of nitrogens with one attached hydrogen (secondary N) is 3. The Kier molecular flexibility index (Phi) is 3.03. The highest BCUT2D eigenvalue weighted by atomic mass is 15.4. The number of nitrogen functional groups attached to an aromatic ring is 1. The third-order valence-corrected chi connectivity index (χ3v) is 3.58. The Morgan fingerprint density at radius 3 is 2.50 bits per heavy atom. The van der Waals surface area contributed by atoms with E-state index in [2.05, 4.69) is 54.1 Å². The van der Waals surface area contributed by atoms with Gasteiger partial charge in [-0.25, -0.2) is 0 Å². The molecule has 0 saturated carbocycles. The quantitative estimate of drug-likeness (QED) is 0.646. The number of nitrogens with two attached hydrogens (primary N) is 1. The fourth-order valence-corrected chi connectivity index (χ4v) is 2.42. The van der Waals surface area contributed by atoms with Gasteiger partial charge >= 0.3 is 0 Å². The Hall–Kier alpha value is -2.20. The third-order valence-electron chi connectivity index (χ3n) is 3.58. The van der Waals surface area contributed by atoms with Crippen LogP contribution in [0.15, 0.2) is 42.5 Å². The van der Waals surface area contributed by atoms with Crippen molar-refractivity contribution in [1.29, 1.82) is 0 Å². The van der Waals surface area contributed by atoms with Gasteiger partial charge in [-0.05, 0) is 37.6 Å². The first-order chi connectivity index (χ1) is 9.54. The SMILES string of the molecule is Cc1ccc(CNC2(C)Nc3ccc(N)cc3N2)cc1. The molecule has 4 nitrogen and oxygen atoms in total. The first kappa shape index (κ1) is 12.8. The van der Waals surface area contributed by atoms with Crippen LogP contribution in [0.4, 0.5) is 17.1 Å². The summed E-state index contributed by atoms with van der Waals surface area (Å²) in [7, 11) is 0. The molecule has 1 heterocycles. The molecular formula is C16H20N4. The first-order valence-electron chi connectivity index (χ1n) is 6.81. The van der Waals surface area contributed by atoms with E-state index in [0.717, 1.165) is 23.6 Å². The third kappa shape index (κ3) is 2.56. The number of aryl methyl sites for hydroxylation is 1. The minimum atomic E-state index is -0.360. The van der Waals surface area contributed by atoms with Crippen LogP contribution in [0, 0.1) is 6.92 Å². The van der Waals surface area contributed by atoms with Crippen molar-refractivity contribution in [3.05, 3.63) is 53.6 Å². The van der Waals surface area contributed by atoms with Gasteiger partial charge in [-0.1, -0.05) is 29.8 Å². The summed E-state index contributed by atoms with van der Waals surface area (Å²) >= 11 is 0. The van der Waals surface area contributed by atoms with E-state index < -0.39 is 0 Å². The van der Waals surface area contributed by atoms with Gasteiger partial charge in [0.15, 0.2) is 5.79 Å². The number of hydrogen-bond donors (Lipinski definition) is 4. The smallest absolute Gasteiger partial charge is 0.161 e. The van der Waals surface area contributed by atoms with Crippen LogP contribution in [-0.4, -0.2) is 5.79 Å². The van der Waals surface area contributed by atoms with Crippen molar-refractivity contribution in [2.75, 3.05) is 16.4 Å². The average molecular weight is 268 g/mol. The van der Waals surface area contributed by atoms with Crippen molar-refractivity contribution < 1.29 is 0 Å². The highest BCUT2D eigenvalue weighted by Crippen LogP contribution is 2.34. The highest BCUT2D eigenvalue weighted by molar-refractivity contribution is 5.78. The lowest BCUT2D eigenvalue weighted by Crippen LogP contribution is -2.51. The predicted molar refractivity (Wildman–Crippen MR) is 84.5 cm³/mol. The van der Waals surface area contributed by atoms with Gasteiger partial charge in [0.05, 0.1) is 11.4 Å². The summed E-state index contributed by atoms with van der Waals surface area (Å²) in [6.07, 6.45) is 0. The molecule has 3 rings (SSSR count). The Morgan fingerprint density at radius 1 is 1.05 bits per heavy atom. The van der Waals surface area contributed by atoms with Gasteiger partial charge < -0.3 is 16.4 Å². The summed E-state index contributed by atoms with van der Waals surface area (Å²) in [4.78, 5) is 0. The minimum absolute atomic E-state index is 0.360. The molecule has 2 aromatic rings. The van der Waals surface area contributed by atoms with Crippen LogP contribution < -0.4 is 21.7 Å². The number of fused-ring (bicyclic) bond motifs is 1. The van der Waals surface area contributed by atoms with E-state index >= 15 is 0 Å². The van der Waals surface area contributed by atoms with Gasteiger partial charge in [0.2, 0.25) is 0 Å². The summed E-state index contributed by atoms with van der Waals surface area (Å²) < 4.78 is 0. The highest BCUT2D eigenvalue weighted by Gasteiger charge is 2.30. The molecule has 1 unspecified atom stereocenters. The topological polar surface area (TPSA) is 62.1 Å². The van der Waals surface area contributed by atoms with Gasteiger partial charge in [-0.2, -0.15) is 0 Å². The van der Waals surface area contributed by atoms with Crippen molar-refractivity contribution in [2.24, 2.45) is 0 Å². The molecule has 0 aliphatic carbocycles. The molecule has 1 aliphatic heterocycles. The van der Waals surface area contributed by atoms with E-state index in [-0.39, 0.29) is 5.79 Å². The van der Waals surface area contributed by atoms with Gasteiger partial charge in [0.25, 0.3) is 0 Å². The van der Waals surface area contributed by atoms with Crippen molar-refractivity contribution >= 4 is 17.1 Å². The maximum atomic E-state index is 5.81. The van der Waals surface area contributed by atoms with Crippen LogP contribution >= 0.6 is 0 Å². The van der Waals surface area contributed by atoms with E-state index in [0.29, 0.717) is 0 Å². The van der Waals surface area contributed by atoms with Gasteiger partial charge in [0, 0.05) is 12.2 Å². The van der Waals surface area contributed by atoms with Crippen LogP contribution in [-0.2, 0) is 6.54 Å². The zero-order valence-electron chi connectivity index (χ0n) is 11.8. The van der Waals surface area contributed by atoms with Crippen LogP contribution in [0.5, 0.6) is 0 Å². The normalized spacial score (nSPS) is 20.1. The van der Waals surface area contributed by atoms with E-state index in [9.17, 15) is 0 Å². The number of anilines is 3. The van der Waals surface area contributed by atoms with Gasteiger partial charge in [0.1, 0.15) is 0 Å². The molecule has 0 spiro atoms.